The van der Waals surface area contributed by atoms with Gasteiger partial charge in [-0.2, -0.15) is 0 Å². The lowest BCUT2D eigenvalue weighted by Crippen LogP contribution is -2.50. The summed E-state index contributed by atoms with van der Waals surface area (Å²) in [6.45, 7) is 3.31. The van der Waals surface area contributed by atoms with E-state index >= 15 is 0 Å². The number of hydrogen-bond donors (Lipinski definition) is 0. The van der Waals surface area contributed by atoms with Crippen LogP contribution in [-0.2, 0) is 16.1 Å². The summed E-state index contributed by atoms with van der Waals surface area (Å²) >= 11 is 6.07. The van der Waals surface area contributed by atoms with Crippen LogP contribution in [0.2, 0.25) is 0 Å². The van der Waals surface area contributed by atoms with Crippen LogP contribution >= 0.6 is 11.6 Å². The van der Waals surface area contributed by atoms with Gasteiger partial charge in [0.15, 0.2) is 0 Å². The number of hydrogen-bond acceptors (Lipinski definition) is 2. The van der Waals surface area contributed by atoms with Crippen LogP contribution in [0.4, 0.5) is 0 Å². The summed E-state index contributed by atoms with van der Waals surface area (Å²) in [6.07, 6.45) is 1.11. The summed E-state index contributed by atoms with van der Waals surface area (Å²) in [5, 5.41) is 0.112. The molecule has 16 heavy (non-hydrogen) atoms. The van der Waals surface area contributed by atoms with E-state index in [1.807, 2.05) is 25.1 Å². The molecule has 88 valence electrons. The Hall–Kier alpha value is -0.570. The van der Waals surface area contributed by atoms with E-state index < -0.39 is 0 Å². The average Bonchev–Trinajstić information content (AvgIpc) is 2.32. The van der Waals surface area contributed by atoms with Crippen LogP contribution in [0, 0.1) is 0 Å². The molecule has 0 aliphatic heterocycles. The van der Waals surface area contributed by atoms with Crippen LogP contribution in [-0.4, -0.2) is 24.2 Å². The van der Waals surface area contributed by atoms with Gasteiger partial charge in [-0.3, -0.25) is 0 Å². The molecular formula is C13H17ClO2. The molecule has 1 saturated carbocycles. The van der Waals surface area contributed by atoms with E-state index in [9.17, 15) is 0 Å². The van der Waals surface area contributed by atoms with E-state index in [1.165, 1.54) is 5.56 Å². The minimum Gasteiger partial charge on any atom is -0.374 e. The highest BCUT2D eigenvalue weighted by atomic mass is 35.5. The first kappa shape index (κ1) is 11.9. The van der Waals surface area contributed by atoms with E-state index in [-0.39, 0.29) is 17.6 Å². The van der Waals surface area contributed by atoms with Crippen molar-refractivity contribution in [1.82, 2.24) is 0 Å². The molecule has 1 aromatic rings. The average molecular weight is 241 g/mol. The van der Waals surface area contributed by atoms with Gasteiger partial charge in [0.25, 0.3) is 0 Å². The largest absolute Gasteiger partial charge is 0.374 e. The van der Waals surface area contributed by atoms with Crippen molar-refractivity contribution in [2.45, 2.75) is 37.5 Å². The number of ether oxygens (including phenoxy) is 2. The fourth-order valence-corrected chi connectivity index (χ4v) is 2.28. The Labute approximate surface area is 102 Å². The van der Waals surface area contributed by atoms with E-state index in [1.54, 1.807) is 0 Å². The Morgan fingerprint density at radius 3 is 2.62 bits per heavy atom. The highest BCUT2D eigenvalue weighted by Crippen LogP contribution is 2.32. The summed E-state index contributed by atoms with van der Waals surface area (Å²) < 4.78 is 11.3. The SMILES string of the molecule is CCOC1C(Cl)CC1OCc1ccccc1. The van der Waals surface area contributed by atoms with E-state index in [2.05, 4.69) is 12.1 Å². The lowest BCUT2D eigenvalue weighted by Gasteiger charge is -2.40. The van der Waals surface area contributed by atoms with Crippen molar-refractivity contribution >= 4 is 11.6 Å². The van der Waals surface area contributed by atoms with Gasteiger partial charge in [-0.1, -0.05) is 30.3 Å². The molecule has 3 unspecified atom stereocenters. The second kappa shape index (κ2) is 5.67. The van der Waals surface area contributed by atoms with Crippen molar-refractivity contribution in [3.05, 3.63) is 35.9 Å². The molecule has 2 nitrogen and oxygen atoms in total. The second-order valence-corrected chi connectivity index (χ2v) is 4.57. The van der Waals surface area contributed by atoms with Gasteiger partial charge in [-0.25, -0.2) is 0 Å². The third-order valence-electron chi connectivity index (χ3n) is 2.85. The lowest BCUT2D eigenvalue weighted by atomic mass is 9.91. The van der Waals surface area contributed by atoms with Crippen molar-refractivity contribution < 1.29 is 9.47 Å². The molecule has 3 atom stereocenters. The van der Waals surface area contributed by atoms with Gasteiger partial charge in [0, 0.05) is 6.61 Å². The van der Waals surface area contributed by atoms with Crippen LogP contribution in [0.3, 0.4) is 0 Å². The van der Waals surface area contributed by atoms with Crippen molar-refractivity contribution in [3.63, 3.8) is 0 Å². The molecule has 0 saturated heterocycles. The first-order valence-corrected chi connectivity index (χ1v) is 6.16. The molecule has 0 radical (unpaired) electrons. The quantitative estimate of drug-likeness (QED) is 0.737. The topological polar surface area (TPSA) is 18.5 Å². The molecule has 0 heterocycles. The highest BCUT2D eigenvalue weighted by molar-refractivity contribution is 6.21. The number of halogens is 1. The number of rotatable bonds is 5. The van der Waals surface area contributed by atoms with Crippen molar-refractivity contribution in [2.75, 3.05) is 6.61 Å². The third-order valence-corrected chi connectivity index (χ3v) is 3.27. The van der Waals surface area contributed by atoms with Crippen molar-refractivity contribution in [3.8, 4) is 0 Å². The monoisotopic (exact) mass is 240 g/mol. The molecule has 0 spiro atoms. The number of alkyl halides is 1. The molecule has 0 N–H and O–H groups in total. The Morgan fingerprint density at radius 2 is 2.00 bits per heavy atom. The fourth-order valence-electron chi connectivity index (χ4n) is 1.87. The summed E-state index contributed by atoms with van der Waals surface area (Å²) in [6, 6.07) is 10.2. The van der Waals surface area contributed by atoms with E-state index in [0.29, 0.717) is 13.2 Å². The Kier molecular flexibility index (Phi) is 4.22. The maximum absolute atomic E-state index is 6.07. The summed E-state index contributed by atoms with van der Waals surface area (Å²) in [7, 11) is 0. The van der Waals surface area contributed by atoms with Gasteiger partial charge in [-0.15, -0.1) is 11.6 Å². The van der Waals surface area contributed by atoms with Crippen LogP contribution in [0.5, 0.6) is 0 Å². The molecule has 2 rings (SSSR count). The third kappa shape index (κ3) is 2.76. The molecule has 0 bridgehead atoms. The van der Waals surface area contributed by atoms with Gasteiger partial charge in [-0.05, 0) is 18.9 Å². The molecule has 3 heteroatoms. The van der Waals surface area contributed by atoms with Gasteiger partial charge in [0.05, 0.1) is 18.1 Å². The fraction of sp³-hybridized carbons (Fsp3) is 0.538. The summed E-state index contributed by atoms with van der Waals surface area (Å²) in [4.78, 5) is 0. The first-order valence-electron chi connectivity index (χ1n) is 5.72. The van der Waals surface area contributed by atoms with E-state index in [4.69, 9.17) is 21.1 Å². The zero-order valence-corrected chi connectivity index (χ0v) is 10.2. The predicted octanol–water partition coefficient (Wildman–Crippen LogP) is 2.99. The zero-order chi connectivity index (χ0) is 11.4. The molecule has 1 aromatic carbocycles. The minimum absolute atomic E-state index is 0.0652. The van der Waals surface area contributed by atoms with Crippen LogP contribution < -0.4 is 0 Å². The molecule has 0 aromatic heterocycles. The normalized spacial score (nSPS) is 28.8. The second-order valence-electron chi connectivity index (χ2n) is 4.01. The van der Waals surface area contributed by atoms with E-state index in [0.717, 1.165) is 6.42 Å². The predicted molar refractivity (Wildman–Crippen MR) is 64.7 cm³/mol. The molecule has 1 fully saturated rings. The Bertz CT molecular complexity index is 315. The summed E-state index contributed by atoms with van der Waals surface area (Å²) in [5.74, 6) is 0. The van der Waals surface area contributed by atoms with Crippen LogP contribution in [0.25, 0.3) is 0 Å². The molecular weight excluding hydrogens is 224 g/mol. The minimum atomic E-state index is 0.0652. The molecule has 1 aliphatic carbocycles. The smallest absolute Gasteiger partial charge is 0.100 e. The van der Waals surface area contributed by atoms with Crippen LogP contribution in [0.15, 0.2) is 30.3 Å². The van der Waals surface area contributed by atoms with Crippen molar-refractivity contribution in [1.29, 1.82) is 0 Å². The molecule has 0 amide bonds. The van der Waals surface area contributed by atoms with Gasteiger partial charge in [0.1, 0.15) is 6.10 Å². The van der Waals surface area contributed by atoms with Crippen molar-refractivity contribution in [2.24, 2.45) is 0 Å². The Morgan fingerprint density at radius 1 is 1.25 bits per heavy atom. The first-order chi connectivity index (χ1) is 7.81. The molecule has 1 aliphatic rings. The maximum atomic E-state index is 6.07. The highest BCUT2D eigenvalue weighted by Gasteiger charge is 2.41. The van der Waals surface area contributed by atoms with Crippen LogP contribution in [0.1, 0.15) is 18.9 Å². The maximum Gasteiger partial charge on any atom is 0.100 e. The summed E-state index contributed by atoms with van der Waals surface area (Å²) in [5.41, 5.74) is 1.19. The van der Waals surface area contributed by atoms with Gasteiger partial charge in [0.2, 0.25) is 0 Å². The van der Waals surface area contributed by atoms with Gasteiger partial charge < -0.3 is 9.47 Å². The number of benzene rings is 1. The Balaban J connectivity index is 1.78. The zero-order valence-electron chi connectivity index (χ0n) is 9.43. The standard InChI is InChI=1S/C13H17ClO2/c1-2-15-13-11(14)8-12(13)16-9-10-6-4-3-5-7-10/h3-7,11-13H,2,8-9H2,1H3. The van der Waals surface area contributed by atoms with Gasteiger partial charge >= 0.3 is 0 Å². The lowest BCUT2D eigenvalue weighted by molar-refractivity contribution is -0.127.